The Morgan fingerprint density at radius 2 is 2.30 bits per heavy atom. The van der Waals surface area contributed by atoms with E-state index in [1.807, 2.05) is 0 Å². The molecule has 10 heavy (non-hydrogen) atoms. The second kappa shape index (κ2) is 3.94. The average molecular weight is 143 g/mol. The zero-order valence-corrected chi connectivity index (χ0v) is 6.64. The summed E-state index contributed by atoms with van der Waals surface area (Å²) in [4.78, 5) is 0. The summed E-state index contributed by atoms with van der Waals surface area (Å²) in [6.07, 6.45) is 3.40. The fraction of sp³-hybridized carbons (Fsp3) is 1.00. The summed E-state index contributed by atoms with van der Waals surface area (Å²) in [7, 11) is 0. The molecule has 2 atom stereocenters. The van der Waals surface area contributed by atoms with Crippen molar-refractivity contribution >= 4 is 0 Å². The molecule has 2 unspecified atom stereocenters. The van der Waals surface area contributed by atoms with Gasteiger partial charge >= 0.3 is 0 Å². The highest BCUT2D eigenvalue weighted by molar-refractivity contribution is 4.74. The maximum absolute atomic E-state index is 9.24. The highest BCUT2D eigenvalue weighted by atomic mass is 16.3. The summed E-state index contributed by atoms with van der Waals surface area (Å²) >= 11 is 0. The van der Waals surface area contributed by atoms with Gasteiger partial charge in [0.15, 0.2) is 0 Å². The Balaban J connectivity index is 2.18. The summed E-state index contributed by atoms with van der Waals surface area (Å²) in [6, 6.07) is 0. The van der Waals surface area contributed by atoms with Gasteiger partial charge in [-0.15, -0.1) is 0 Å². The maximum Gasteiger partial charge on any atom is 0.0667 e. The van der Waals surface area contributed by atoms with Crippen molar-refractivity contribution in [3.8, 4) is 0 Å². The van der Waals surface area contributed by atoms with Crippen LogP contribution in [0.25, 0.3) is 0 Å². The van der Waals surface area contributed by atoms with Crippen LogP contribution in [-0.2, 0) is 0 Å². The third-order valence-electron chi connectivity index (χ3n) is 2.12. The minimum atomic E-state index is -0.0923. The van der Waals surface area contributed by atoms with Gasteiger partial charge in [0.2, 0.25) is 0 Å². The summed E-state index contributed by atoms with van der Waals surface area (Å²) in [5, 5.41) is 12.5. The molecular weight excluding hydrogens is 126 g/mol. The lowest BCUT2D eigenvalue weighted by atomic mass is 9.93. The van der Waals surface area contributed by atoms with Crippen LogP contribution in [0.1, 0.15) is 26.2 Å². The molecule has 2 N–H and O–H groups in total. The van der Waals surface area contributed by atoms with Crippen molar-refractivity contribution in [3.05, 3.63) is 0 Å². The first-order valence-corrected chi connectivity index (χ1v) is 4.21. The first-order valence-electron chi connectivity index (χ1n) is 4.21. The van der Waals surface area contributed by atoms with Crippen LogP contribution in [0, 0.1) is 5.92 Å². The molecule has 1 rings (SSSR count). The Morgan fingerprint density at radius 3 is 2.90 bits per heavy atom. The molecule has 60 valence electrons. The van der Waals surface area contributed by atoms with Gasteiger partial charge in [-0.1, -0.05) is 13.3 Å². The van der Waals surface area contributed by atoms with E-state index in [1.165, 1.54) is 12.8 Å². The minimum absolute atomic E-state index is 0.0923. The predicted octanol–water partition coefficient (Wildman–Crippen LogP) is 0.757. The Hall–Kier alpha value is -0.0800. The van der Waals surface area contributed by atoms with Crippen molar-refractivity contribution in [1.29, 1.82) is 0 Å². The standard InChI is InChI=1S/C8H17NO/c1-2-3-7-4-8(10)6-9-5-7/h7-10H,2-6H2,1H3. The molecule has 0 aromatic carbocycles. The van der Waals surface area contributed by atoms with Gasteiger partial charge < -0.3 is 10.4 Å². The number of hydrogen-bond donors (Lipinski definition) is 2. The van der Waals surface area contributed by atoms with Gasteiger partial charge in [0.25, 0.3) is 0 Å². The Kier molecular flexibility index (Phi) is 3.16. The molecular formula is C8H17NO. The number of piperidine rings is 1. The number of nitrogens with one attached hydrogen (secondary N) is 1. The Morgan fingerprint density at radius 1 is 1.50 bits per heavy atom. The fourth-order valence-electron chi connectivity index (χ4n) is 1.63. The second-order valence-corrected chi connectivity index (χ2v) is 3.20. The van der Waals surface area contributed by atoms with Gasteiger partial charge in [0.1, 0.15) is 0 Å². The van der Waals surface area contributed by atoms with Crippen LogP contribution >= 0.6 is 0 Å². The highest BCUT2D eigenvalue weighted by Crippen LogP contribution is 2.15. The van der Waals surface area contributed by atoms with Crippen molar-refractivity contribution in [3.63, 3.8) is 0 Å². The maximum atomic E-state index is 9.24. The van der Waals surface area contributed by atoms with Gasteiger partial charge in [-0.05, 0) is 25.3 Å². The van der Waals surface area contributed by atoms with Gasteiger partial charge in [-0.3, -0.25) is 0 Å². The summed E-state index contributed by atoms with van der Waals surface area (Å²) < 4.78 is 0. The smallest absolute Gasteiger partial charge is 0.0667 e. The van der Waals surface area contributed by atoms with E-state index in [2.05, 4.69) is 12.2 Å². The van der Waals surface area contributed by atoms with E-state index >= 15 is 0 Å². The van der Waals surface area contributed by atoms with Crippen LogP contribution in [0.2, 0.25) is 0 Å². The highest BCUT2D eigenvalue weighted by Gasteiger charge is 2.18. The molecule has 2 nitrogen and oxygen atoms in total. The normalized spacial score (nSPS) is 34.2. The Bertz CT molecular complexity index is 93.3. The first kappa shape index (κ1) is 8.02. The molecule has 2 heteroatoms. The number of aliphatic hydroxyl groups excluding tert-OH is 1. The van der Waals surface area contributed by atoms with Crippen molar-refractivity contribution in [1.82, 2.24) is 5.32 Å². The van der Waals surface area contributed by atoms with Crippen molar-refractivity contribution in [2.45, 2.75) is 32.3 Å². The summed E-state index contributed by atoms with van der Waals surface area (Å²) in [5.74, 6) is 0.716. The van der Waals surface area contributed by atoms with Gasteiger partial charge in [0.05, 0.1) is 6.10 Å². The molecule has 0 spiro atoms. The van der Waals surface area contributed by atoms with E-state index in [0.29, 0.717) is 5.92 Å². The largest absolute Gasteiger partial charge is 0.392 e. The molecule has 0 saturated carbocycles. The number of aliphatic hydroxyl groups is 1. The van der Waals surface area contributed by atoms with Crippen LogP contribution in [0.15, 0.2) is 0 Å². The number of hydrogen-bond acceptors (Lipinski definition) is 2. The minimum Gasteiger partial charge on any atom is -0.392 e. The van der Waals surface area contributed by atoms with Crippen molar-refractivity contribution in [2.24, 2.45) is 5.92 Å². The van der Waals surface area contributed by atoms with Gasteiger partial charge in [-0.2, -0.15) is 0 Å². The monoisotopic (exact) mass is 143 g/mol. The molecule has 1 heterocycles. The van der Waals surface area contributed by atoms with Crippen LogP contribution in [-0.4, -0.2) is 24.3 Å². The number of β-amino-alcohol motifs (C(OH)–C–C–N with tert-alkyl or cyclic N) is 1. The first-order chi connectivity index (χ1) is 4.83. The average Bonchev–Trinajstić information content (AvgIpc) is 1.88. The fourth-order valence-corrected chi connectivity index (χ4v) is 1.63. The van der Waals surface area contributed by atoms with Crippen LogP contribution < -0.4 is 5.32 Å². The molecule has 0 bridgehead atoms. The van der Waals surface area contributed by atoms with Gasteiger partial charge in [0, 0.05) is 6.54 Å². The summed E-state index contributed by atoms with van der Waals surface area (Å²) in [5.41, 5.74) is 0. The van der Waals surface area contributed by atoms with E-state index in [9.17, 15) is 5.11 Å². The third-order valence-corrected chi connectivity index (χ3v) is 2.12. The zero-order valence-electron chi connectivity index (χ0n) is 6.64. The van der Waals surface area contributed by atoms with E-state index in [4.69, 9.17) is 0 Å². The lowest BCUT2D eigenvalue weighted by molar-refractivity contribution is 0.111. The predicted molar refractivity (Wildman–Crippen MR) is 41.9 cm³/mol. The van der Waals surface area contributed by atoms with E-state index in [0.717, 1.165) is 19.5 Å². The van der Waals surface area contributed by atoms with Crippen molar-refractivity contribution in [2.75, 3.05) is 13.1 Å². The van der Waals surface area contributed by atoms with Crippen LogP contribution in [0.3, 0.4) is 0 Å². The lowest BCUT2D eigenvalue weighted by Gasteiger charge is -2.26. The van der Waals surface area contributed by atoms with E-state index < -0.39 is 0 Å². The Labute approximate surface area is 62.6 Å². The second-order valence-electron chi connectivity index (χ2n) is 3.20. The molecule has 0 aromatic rings. The summed E-state index contributed by atoms with van der Waals surface area (Å²) in [6.45, 7) is 4.09. The molecule has 1 aliphatic heterocycles. The third kappa shape index (κ3) is 2.27. The van der Waals surface area contributed by atoms with Crippen LogP contribution in [0.5, 0.6) is 0 Å². The molecule has 1 fully saturated rings. The van der Waals surface area contributed by atoms with Crippen LogP contribution in [0.4, 0.5) is 0 Å². The van der Waals surface area contributed by atoms with E-state index in [-0.39, 0.29) is 6.10 Å². The topological polar surface area (TPSA) is 32.3 Å². The van der Waals surface area contributed by atoms with Gasteiger partial charge in [-0.25, -0.2) is 0 Å². The molecule has 0 radical (unpaired) electrons. The van der Waals surface area contributed by atoms with E-state index in [1.54, 1.807) is 0 Å². The molecule has 0 amide bonds. The molecule has 0 aliphatic carbocycles. The van der Waals surface area contributed by atoms with Crippen molar-refractivity contribution < 1.29 is 5.11 Å². The zero-order chi connectivity index (χ0) is 7.40. The number of rotatable bonds is 2. The quantitative estimate of drug-likeness (QED) is 0.598. The molecule has 1 aliphatic rings. The lowest BCUT2D eigenvalue weighted by Crippen LogP contribution is -2.39. The SMILES string of the molecule is CCCC1CNCC(O)C1. The molecule has 1 saturated heterocycles. The molecule has 0 aromatic heterocycles.